The molecule has 0 amide bonds. The molecule has 1 N–H and O–H groups in total. The Kier molecular flexibility index (Phi) is 5.90. The zero-order valence-corrected chi connectivity index (χ0v) is 9.98. The fourth-order valence-corrected chi connectivity index (χ4v) is 1.31. The molecule has 1 aromatic carbocycles. The molecule has 0 aliphatic rings. The molecule has 0 aliphatic heterocycles. The van der Waals surface area contributed by atoms with Gasteiger partial charge in [0.2, 0.25) is 0 Å². The lowest BCUT2D eigenvalue weighted by Crippen LogP contribution is -2.07. The third-order valence-electron chi connectivity index (χ3n) is 2.21. The van der Waals surface area contributed by atoms with Gasteiger partial charge in [0.1, 0.15) is 12.4 Å². The van der Waals surface area contributed by atoms with Gasteiger partial charge in [-0.15, -0.1) is 0 Å². The van der Waals surface area contributed by atoms with E-state index < -0.39 is 6.10 Å². The number of benzene rings is 1. The maximum absolute atomic E-state index is 9.33. The van der Waals surface area contributed by atoms with Crippen LogP contribution in [0.4, 0.5) is 0 Å². The molecule has 0 spiro atoms. The molecular formula is C13H20O3. The van der Waals surface area contributed by atoms with Gasteiger partial charge in [-0.1, -0.05) is 19.1 Å². The van der Waals surface area contributed by atoms with Gasteiger partial charge in [0, 0.05) is 6.61 Å². The molecule has 0 saturated carbocycles. The quantitative estimate of drug-likeness (QED) is 0.723. The fraction of sp³-hybridized carbons (Fsp3) is 0.538. The molecule has 16 heavy (non-hydrogen) atoms. The first-order valence-electron chi connectivity index (χ1n) is 5.72. The van der Waals surface area contributed by atoms with Gasteiger partial charge in [-0.05, 0) is 31.0 Å². The van der Waals surface area contributed by atoms with Crippen LogP contribution in [0.15, 0.2) is 24.3 Å². The fourth-order valence-electron chi connectivity index (χ4n) is 1.31. The van der Waals surface area contributed by atoms with Crippen LogP contribution in [0, 0.1) is 0 Å². The van der Waals surface area contributed by atoms with E-state index in [1.807, 2.05) is 24.3 Å². The normalized spacial score (nSPS) is 12.4. The van der Waals surface area contributed by atoms with E-state index in [-0.39, 0.29) is 0 Å². The highest BCUT2D eigenvalue weighted by atomic mass is 16.5. The van der Waals surface area contributed by atoms with Crippen LogP contribution in [0.1, 0.15) is 31.9 Å². The minimum atomic E-state index is -0.429. The van der Waals surface area contributed by atoms with Crippen molar-refractivity contribution < 1.29 is 14.6 Å². The Hall–Kier alpha value is -1.06. The third kappa shape index (κ3) is 4.64. The van der Waals surface area contributed by atoms with Crippen LogP contribution < -0.4 is 4.74 Å². The van der Waals surface area contributed by atoms with Crippen LogP contribution in [0.5, 0.6) is 5.75 Å². The second-order valence-electron chi connectivity index (χ2n) is 3.71. The van der Waals surface area contributed by atoms with Crippen molar-refractivity contribution in [2.24, 2.45) is 0 Å². The van der Waals surface area contributed by atoms with Gasteiger partial charge in [0.05, 0.1) is 12.7 Å². The van der Waals surface area contributed by atoms with Crippen molar-refractivity contribution in [3.05, 3.63) is 29.8 Å². The Morgan fingerprint density at radius 1 is 1.12 bits per heavy atom. The van der Waals surface area contributed by atoms with E-state index in [0.717, 1.165) is 24.3 Å². The highest BCUT2D eigenvalue weighted by Gasteiger charge is 2.00. The minimum Gasteiger partial charge on any atom is -0.491 e. The molecule has 3 nitrogen and oxygen atoms in total. The molecule has 0 bridgehead atoms. The van der Waals surface area contributed by atoms with Gasteiger partial charge in [0.15, 0.2) is 0 Å². The summed E-state index contributed by atoms with van der Waals surface area (Å²) in [5.74, 6) is 0.810. The maximum Gasteiger partial charge on any atom is 0.119 e. The van der Waals surface area contributed by atoms with Crippen LogP contribution in [-0.4, -0.2) is 24.9 Å². The Bertz CT molecular complexity index is 280. The monoisotopic (exact) mass is 224 g/mol. The summed E-state index contributed by atoms with van der Waals surface area (Å²) in [6.45, 7) is 5.79. The van der Waals surface area contributed by atoms with E-state index in [2.05, 4.69) is 6.92 Å². The van der Waals surface area contributed by atoms with Crippen molar-refractivity contribution in [2.45, 2.75) is 26.4 Å². The van der Waals surface area contributed by atoms with Gasteiger partial charge < -0.3 is 14.6 Å². The molecule has 0 fully saturated rings. The minimum absolute atomic E-state index is 0.429. The lowest BCUT2D eigenvalue weighted by molar-refractivity contribution is 0.101. The summed E-state index contributed by atoms with van der Waals surface area (Å²) >= 11 is 0. The highest BCUT2D eigenvalue weighted by molar-refractivity contribution is 5.28. The topological polar surface area (TPSA) is 38.7 Å². The Morgan fingerprint density at radius 3 is 2.38 bits per heavy atom. The molecule has 3 heteroatoms. The standard InChI is InChI=1S/C13H20O3/c1-3-8-15-9-10-16-13-6-4-12(5-7-13)11(2)14/h4-7,11,14H,3,8-10H2,1-2H3. The Morgan fingerprint density at radius 2 is 1.81 bits per heavy atom. The molecule has 1 unspecified atom stereocenters. The van der Waals surface area contributed by atoms with Gasteiger partial charge in [0.25, 0.3) is 0 Å². The number of rotatable bonds is 7. The molecule has 1 aromatic rings. The predicted molar refractivity (Wildman–Crippen MR) is 63.7 cm³/mol. The summed E-state index contributed by atoms with van der Waals surface area (Å²) in [5.41, 5.74) is 0.898. The molecule has 0 aromatic heterocycles. The molecule has 0 saturated heterocycles. The summed E-state index contributed by atoms with van der Waals surface area (Å²) in [5, 5.41) is 9.33. The predicted octanol–water partition coefficient (Wildman–Crippen LogP) is 2.55. The van der Waals surface area contributed by atoms with Gasteiger partial charge >= 0.3 is 0 Å². The number of aliphatic hydroxyl groups excluding tert-OH is 1. The van der Waals surface area contributed by atoms with Gasteiger partial charge in [-0.25, -0.2) is 0 Å². The molecule has 1 atom stereocenters. The average Bonchev–Trinajstić information content (AvgIpc) is 2.29. The van der Waals surface area contributed by atoms with Crippen LogP contribution in [0.2, 0.25) is 0 Å². The first-order chi connectivity index (χ1) is 7.74. The van der Waals surface area contributed by atoms with Gasteiger partial charge in [-0.2, -0.15) is 0 Å². The Labute approximate surface area is 97.0 Å². The summed E-state index contributed by atoms with van der Waals surface area (Å²) in [6.07, 6.45) is 0.602. The summed E-state index contributed by atoms with van der Waals surface area (Å²) < 4.78 is 10.8. The van der Waals surface area contributed by atoms with E-state index in [1.54, 1.807) is 6.92 Å². The molecule has 0 radical (unpaired) electrons. The largest absolute Gasteiger partial charge is 0.491 e. The van der Waals surface area contributed by atoms with Crippen LogP contribution in [0.3, 0.4) is 0 Å². The first kappa shape index (κ1) is 13.0. The molecule has 1 rings (SSSR count). The van der Waals surface area contributed by atoms with E-state index in [4.69, 9.17) is 9.47 Å². The van der Waals surface area contributed by atoms with Crippen molar-refractivity contribution in [1.29, 1.82) is 0 Å². The van der Waals surface area contributed by atoms with Crippen LogP contribution in [-0.2, 0) is 4.74 Å². The highest BCUT2D eigenvalue weighted by Crippen LogP contribution is 2.16. The van der Waals surface area contributed by atoms with Crippen LogP contribution >= 0.6 is 0 Å². The molecule has 0 aliphatic carbocycles. The molecular weight excluding hydrogens is 204 g/mol. The van der Waals surface area contributed by atoms with E-state index in [1.165, 1.54) is 0 Å². The maximum atomic E-state index is 9.33. The second kappa shape index (κ2) is 7.25. The lowest BCUT2D eigenvalue weighted by Gasteiger charge is -2.08. The second-order valence-corrected chi connectivity index (χ2v) is 3.71. The Balaban J connectivity index is 2.27. The van der Waals surface area contributed by atoms with Crippen LogP contribution in [0.25, 0.3) is 0 Å². The zero-order chi connectivity index (χ0) is 11.8. The zero-order valence-electron chi connectivity index (χ0n) is 9.98. The number of hydrogen-bond donors (Lipinski definition) is 1. The van der Waals surface area contributed by atoms with E-state index >= 15 is 0 Å². The van der Waals surface area contributed by atoms with Crippen molar-refractivity contribution in [2.75, 3.05) is 19.8 Å². The van der Waals surface area contributed by atoms with Crippen molar-refractivity contribution in [1.82, 2.24) is 0 Å². The van der Waals surface area contributed by atoms with E-state index in [9.17, 15) is 5.11 Å². The average molecular weight is 224 g/mol. The molecule has 0 heterocycles. The summed E-state index contributed by atoms with van der Waals surface area (Å²) in [6, 6.07) is 7.46. The number of hydrogen-bond acceptors (Lipinski definition) is 3. The third-order valence-corrected chi connectivity index (χ3v) is 2.21. The lowest BCUT2D eigenvalue weighted by atomic mass is 10.1. The first-order valence-corrected chi connectivity index (χ1v) is 5.72. The SMILES string of the molecule is CCCOCCOc1ccc(C(C)O)cc1. The molecule has 90 valence electrons. The van der Waals surface area contributed by atoms with E-state index in [0.29, 0.717) is 13.2 Å². The van der Waals surface area contributed by atoms with Crippen molar-refractivity contribution >= 4 is 0 Å². The number of aliphatic hydroxyl groups is 1. The van der Waals surface area contributed by atoms with Crippen molar-refractivity contribution in [3.63, 3.8) is 0 Å². The summed E-state index contributed by atoms with van der Waals surface area (Å²) in [4.78, 5) is 0. The number of ether oxygens (including phenoxy) is 2. The summed E-state index contributed by atoms with van der Waals surface area (Å²) in [7, 11) is 0. The smallest absolute Gasteiger partial charge is 0.119 e. The van der Waals surface area contributed by atoms with Crippen molar-refractivity contribution in [3.8, 4) is 5.75 Å². The van der Waals surface area contributed by atoms with Gasteiger partial charge in [-0.3, -0.25) is 0 Å².